The van der Waals surface area contributed by atoms with E-state index in [1.54, 1.807) is 14.2 Å². The third-order valence-corrected chi connectivity index (χ3v) is 5.70. The highest BCUT2D eigenvalue weighted by Gasteiger charge is 2.40. The fourth-order valence-corrected chi connectivity index (χ4v) is 4.35. The molecule has 2 bridgehead atoms. The highest BCUT2D eigenvalue weighted by atomic mass is 127. The number of hydrogen-bond acceptors (Lipinski definition) is 4. The number of carbonyl (C=O) groups excluding carboxylic acids is 1. The van der Waals surface area contributed by atoms with E-state index in [1.165, 1.54) is 18.4 Å². The van der Waals surface area contributed by atoms with E-state index in [1.807, 2.05) is 0 Å². The summed E-state index contributed by atoms with van der Waals surface area (Å²) in [7, 11) is 3.37. The van der Waals surface area contributed by atoms with Crippen molar-refractivity contribution in [1.82, 2.24) is 20.9 Å². The number of carbonyl (C=O) groups is 1. The van der Waals surface area contributed by atoms with Gasteiger partial charge in [-0.1, -0.05) is 30.3 Å². The number of fused-ring (bicyclic) bond motifs is 2. The summed E-state index contributed by atoms with van der Waals surface area (Å²) < 4.78 is 4.94. The van der Waals surface area contributed by atoms with Crippen LogP contribution < -0.4 is 16.0 Å². The Bertz CT molecular complexity index is 644. The summed E-state index contributed by atoms with van der Waals surface area (Å²) in [5.74, 6) is 0.639. The maximum atomic E-state index is 11.8. The fourth-order valence-electron chi connectivity index (χ4n) is 4.35. The molecule has 2 aliphatic heterocycles. The van der Waals surface area contributed by atoms with Crippen LogP contribution in [0.2, 0.25) is 0 Å². The Kier molecular flexibility index (Phi) is 10.2. The SMILES string of the molecule is CN=C(NCC(=O)NCCOC)NC1CC2CCC(C1)N2Cc1ccccc1.I. The zero-order chi connectivity index (χ0) is 19.8. The Labute approximate surface area is 191 Å². The van der Waals surface area contributed by atoms with Gasteiger partial charge in [-0.2, -0.15) is 0 Å². The first-order chi connectivity index (χ1) is 13.7. The van der Waals surface area contributed by atoms with Crippen molar-refractivity contribution in [3.63, 3.8) is 0 Å². The number of amides is 1. The van der Waals surface area contributed by atoms with Crippen molar-refractivity contribution in [2.75, 3.05) is 33.9 Å². The summed E-state index contributed by atoms with van der Waals surface area (Å²) in [5, 5.41) is 9.44. The van der Waals surface area contributed by atoms with E-state index in [9.17, 15) is 4.79 Å². The molecule has 2 fully saturated rings. The first kappa shape index (κ1) is 23.9. The van der Waals surface area contributed by atoms with Gasteiger partial charge < -0.3 is 20.7 Å². The van der Waals surface area contributed by atoms with Crippen LogP contribution in [0.4, 0.5) is 0 Å². The van der Waals surface area contributed by atoms with Crippen LogP contribution in [-0.2, 0) is 16.1 Å². The van der Waals surface area contributed by atoms with Crippen molar-refractivity contribution in [3.8, 4) is 0 Å². The molecule has 2 aliphatic rings. The smallest absolute Gasteiger partial charge is 0.239 e. The van der Waals surface area contributed by atoms with Crippen LogP contribution in [-0.4, -0.2) is 68.7 Å². The van der Waals surface area contributed by atoms with Crippen molar-refractivity contribution in [1.29, 1.82) is 0 Å². The van der Waals surface area contributed by atoms with Gasteiger partial charge in [0.2, 0.25) is 5.91 Å². The predicted octanol–water partition coefficient (Wildman–Crippen LogP) is 1.73. The average molecular weight is 515 g/mol. The molecule has 0 saturated carbocycles. The van der Waals surface area contributed by atoms with Gasteiger partial charge in [0, 0.05) is 45.4 Å². The van der Waals surface area contributed by atoms with Crippen LogP contribution in [0.5, 0.6) is 0 Å². The van der Waals surface area contributed by atoms with Gasteiger partial charge in [-0.25, -0.2) is 0 Å². The van der Waals surface area contributed by atoms with Crippen LogP contribution in [0.1, 0.15) is 31.2 Å². The number of rotatable bonds is 8. The number of benzene rings is 1. The fraction of sp³-hybridized carbons (Fsp3) is 0.619. The molecule has 2 heterocycles. The van der Waals surface area contributed by atoms with Crippen LogP contribution in [0.3, 0.4) is 0 Å². The number of nitrogens with zero attached hydrogens (tertiary/aromatic N) is 2. The van der Waals surface area contributed by atoms with Gasteiger partial charge in [0.25, 0.3) is 0 Å². The van der Waals surface area contributed by atoms with E-state index >= 15 is 0 Å². The van der Waals surface area contributed by atoms with Gasteiger partial charge in [-0.3, -0.25) is 14.7 Å². The first-order valence-corrected chi connectivity index (χ1v) is 10.2. The van der Waals surface area contributed by atoms with Gasteiger partial charge in [-0.05, 0) is 31.2 Å². The molecule has 0 radical (unpaired) electrons. The number of aliphatic imine (C=N–C) groups is 1. The van der Waals surface area contributed by atoms with E-state index in [0.717, 1.165) is 19.4 Å². The maximum absolute atomic E-state index is 11.8. The molecule has 3 N–H and O–H groups in total. The van der Waals surface area contributed by atoms with Crippen molar-refractivity contribution >= 4 is 35.8 Å². The van der Waals surface area contributed by atoms with Crippen LogP contribution in [0.15, 0.2) is 35.3 Å². The molecule has 29 heavy (non-hydrogen) atoms. The zero-order valence-corrected chi connectivity index (χ0v) is 19.7. The zero-order valence-electron chi connectivity index (χ0n) is 17.4. The normalized spacial score (nSPS) is 23.9. The second kappa shape index (κ2) is 12.3. The number of hydrogen-bond donors (Lipinski definition) is 3. The Balaban J connectivity index is 0.00000300. The molecule has 0 aromatic heterocycles. The summed E-state index contributed by atoms with van der Waals surface area (Å²) in [6.45, 7) is 2.29. The number of methoxy groups -OCH3 is 1. The maximum Gasteiger partial charge on any atom is 0.239 e. The average Bonchev–Trinajstić information content (AvgIpc) is 2.94. The molecular weight excluding hydrogens is 481 g/mol. The van der Waals surface area contributed by atoms with Crippen LogP contribution >= 0.6 is 24.0 Å². The molecule has 7 nitrogen and oxygen atoms in total. The third-order valence-electron chi connectivity index (χ3n) is 5.70. The van der Waals surface area contributed by atoms with E-state index in [2.05, 4.69) is 56.2 Å². The monoisotopic (exact) mass is 515 g/mol. The molecule has 3 rings (SSSR count). The molecule has 1 amide bonds. The molecule has 0 aliphatic carbocycles. The van der Waals surface area contributed by atoms with Crippen molar-refractivity contribution < 1.29 is 9.53 Å². The number of ether oxygens (including phenoxy) is 1. The summed E-state index contributed by atoms with van der Waals surface area (Å²) in [4.78, 5) is 18.8. The number of halogens is 1. The lowest BCUT2D eigenvalue weighted by Gasteiger charge is -2.39. The Morgan fingerprint density at radius 2 is 1.86 bits per heavy atom. The van der Waals surface area contributed by atoms with E-state index < -0.39 is 0 Å². The van der Waals surface area contributed by atoms with Crippen LogP contribution in [0, 0.1) is 0 Å². The molecule has 162 valence electrons. The molecule has 2 atom stereocenters. The first-order valence-electron chi connectivity index (χ1n) is 10.2. The standard InChI is InChI=1S/C21H33N5O2.HI/c1-22-21(24-14-20(27)23-10-11-28-2)25-17-12-18-8-9-19(13-17)26(18)15-16-6-4-3-5-7-16;/h3-7,17-19H,8-15H2,1-2H3,(H,23,27)(H2,22,24,25);1H. The van der Waals surface area contributed by atoms with Gasteiger partial charge in [0.1, 0.15) is 0 Å². The minimum absolute atomic E-state index is 0. The third kappa shape index (κ3) is 7.11. The number of piperidine rings is 1. The summed E-state index contributed by atoms with van der Waals surface area (Å²) >= 11 is 0. The quantitative estimate of drug-likeness (QED) is 0.213. The van der Waals surface area contributed by atoms with Gasteiger partial charge in [-0.15, -0.1) is 24.0 Å². The van der Waals surface area contributed by atoms with Gasteiger partial charge >= 0.3 is 0 Å². The lowest BCUT2D eigenvalue weighted by Crippen LogP contribution is -2.53. The van der Waals surface area contributed by atoms with Gasteiger partial charge in [0.15, 0.2) is 5.96 Å². The van der Waals surface area contributed by atoms with Crippen molar-refractivity contribution in [3.05, 3.63) is 35.9 Å². The topological polar surface area (TPSA) is 78.0 Å². The highest BCUT2D eigenvalue weighted by Crippen LogP contribution is 2.36. The lowest BCUT2D eigenvalue weighted by atomic mass is 9.96. The number of nitrogens with one attached hydrogen (secondary N) is 3. The molecule has 1 aromatic carbocycles. The van der Waals surface area contributed by atoms with Gasteiger partial charge in [0.05, 0.1) is 13.2 Å². The minimum Gasteiger partial charge on any atom is -0.383 e. The van der Waals surface area contributed by atoms with E-state index in [-0.39, 0.29) is 36.4 Å². The molecule has 2 saturated heterocycles. The molecule has 2 unspecified atom stereocenters. The second-order valence-electron chi connectivity index (χ2n) is 7.62. The Morgan fingerprint density at radius 1 is 1.17 bits per heavy atom. The van der Waals surface area contributed by atoms with Crippen LogP contribution in [0.25, 0.3) is 0 Å². The van der Waals surface area contributed by atoms with Crippen molar-refractivity contribution in [2.45, 2.75) is 50.4 Å². The largest absolute Gasteiger partial charge is 0.383 e. The van der Waals surface area contributed by atoms with Crippen molar-refractivity contribution in [2.24, 2.45) is 4.99 Å². The van der Waals surface area contributed by atoms with E-state index in [0.29, 0.717) is 37.2 Å². The molecular formula is C21H34IN5O2. The Hall–Kier alpha value is -1.39. The second-order valence-corrected chi connectivity index (χ2v) is 7.62. The minimum atomic E-state index is -0.0576. The highest BCUT2D eigenvalue weighted by molar-refractivity contribution is 14.0. The van der Waals surface area contributed by atoms with E-state index in [4.69, 9.17) is 4.74 Å². The predicted molar refractivity (Wildman–Crippen MR) is 127 cm³/mol. The summed E-state index contributed by atoms with van der Waals surface area (Å²) in [6.07, 6.45) is 4.77. The molecule has 8 heteroatoms. The molecule has 0 spiro atoms. The summed E-state index contributed by atoms with van der Waals surface area (Å²) in [5.41, 5.74) is 1.39. The number of guanidine groups is 1. The summed E-state index contributed by atoms with van der Waals surface area (Å²) in [6, 6.07) is 12.4. The Morgan fingerprint density at radius 3 is 2.48 bits per heavy atom. The molecule has 1 aromatic rings. The lowest BCUT2D eigenvalue weighted by molar-refractivity contribution is -0.120.